The van der Waals surface area contributed by atoms with Crippen LogP contribution in [0.4, 0.5) is 4.39 Å². The summed E-state index contributed by atoms with van der Waals surface area (Å²) in [5, 5.41) is 2.71. The Morgan fingerprint density at radius 2 is 1.95 bits per heavy atom. The van der Waals surface area contributed by atoms with Gasteiger partial charge in [0.1, 0.15) is 18.2 Å². The number of nitrogens with one attached hydrogen (secondary N) is 1. The topological polar surface area (TPSA) is 38.3 Å². The standard InChI is InChI=1S/C15H13BrFNO2/c16-14-10-11(17)6-7-13(14)15(19)18-8-9-20-12-4-2-1-3-5-12/h1-7,10H,8-9H2,(H,18,19). The van der Waals surface area contributed by atoms with Gasteiger partial charge >= 0.3 is 0 Å². The van der Waals surface area contributed by atoms with Gasteiger partial charge in [-0.2, -0.15) is 0 Å². The van der Waals surface area contributed by atoms with E-state index in [2.05, 4.69) is 21.2 Å². The molecule has 1 amide bonds. The van der Waals surface area contributed by atoms with Gasteiger partial charge < -0.3 is 10.1 Å². The SMILES string of the molecule is O=C(NCCOc1ccccc1)c1ccc(F)cc1Br. The van der Waals surface area contributed by atoms with Crippen LogP contribution in [0.15, 0.2) is 53.0 Å². The van der Waals surface area contributed by atoms with Crippen molar-refractivity contribution >= 4 is 21.8 Å². The molecule has 20 heavy (non-hydrogen) atoms. The third-order valence-electron chi connectivity index (χ3n) is 2.58. The molecule has 0 aliphatic heterocycles. The van der Waals surface area contributed by atoms with Crippen LogP contribution in [0.25, 0.3) is 0 Å². The summed E-state index contributed by atoms with van der Waals surface area (Å²) < 4.78 is 18.8. The zero-order valence-corrected chi connectivity index (χ0v) is 12.2. The molecule has 0 fully saturated rings. The van der Waals surface area contributed by atoms with Gasteiger partial charge in [0.2, 0.25) is 0 Å². The van der Waals surface area contributed by atoms with Crippen molar-refractivity contribution in [2.24, 2.45) is 0 Å². The number of hydrogen-bond acceptors (Lipinski definition) is 2. The Labute approximate surface area is 124 Å². The van der Waals surface area contributed by atoms with Gasteiger partial charge in [-0.1, -0.05) is 18.2 Å². The van der Waals surface area contributed by atoms with Gasteiger partial charge in [0.05, 0.1) is 12.1 Å². The highest BCUT2D eigenvalue weighted by atomic mass is 79.9. The molecule has 2 aromatic carbocycles. The van der Waals surface area contributed by atoms with Crippen LogP contribution < -0.4 is 10.1 Å². The summed E-state index contributed by atoms with van der Waals surface area (Å²) in [7, 11) is 0. The molecule has 3 nitrogen and oxygen atoms in total. The summed E-state index contributed by atoms with van der Waals surface area (Å²) in [4.78, 5) is 11.9. The number of halogens is 2. The maximum atomic E-state index is 12.9. The molecule has 0 heterocycles. The summed E-state index contributed by atoms with van der Waals surface area (Å²) >= 11 is 3.16. The maximum absolute atomic E-state index is 12.9. The fraction of sp³-hybridized carbons (Fsp3) is 0.133. The molecular weight excluding hydrogens is 325 g/mol. The third-order valence-corrected chi connectivity index (χ3v) is 3.23. The predicted molar refractivity (Wildman–Crippen MR) is 78.4 cm³/mol. The molecule has 0 bridgehead atoms. The summed E-state index contributed by atoms with van der Waals surface area (Å²) in [5.41, 5.74) is 0.395. The van der Waals surface area contributed by atoms with Crippen LogP contribution in [0, 0.1) is 5.82 Å². The molecular formula is C15H13BrFNO2. The van der Waals surface area contributed by atoms with Crippen molar-refractivity contribution in [2.75, 3.05) is 13.2 Å². The van der Waals surface area contributed by atoms with Crippen LogP contribution in [0.1, 0.15) is 10.4 Å². The normalized spacial score (nSPS) is 10.1. The molecule has 5 heteroatoms. The average Bonchev–Trinajstić information content (AvgIpc) is 2.44. The second-order valence-electron chi connectivity index (χ2n) is 4.04. The van der Waals surface area contributed by atoms with Gasteiger partial charge in [-0.05, 0) is 46.3 Å². The number of amides is 1. The van der Waals surface area contributed by atoms with Crippen molar-refractivity contribution in [3.05, 3.63) is 64.4 Å². The summed E-state index contributed by atoms with van der Waals surface area (Å²) in [6.07, 6.45) is 0. The van der Waals surface area contributed by atoms with E-state index in [1.807, 2.05) is 30.3 Å². The van der Waals surface area contributed by atoms with E-state index in [0.29, 0.717) is 23.2 Å². The molecule has 1 N–H and O–H groups in total. The zero-order chi connectivity index (χ0) is 14.4. The van der Waals surface area contributed by atoms with Gasteiger partial charge in [-0.15, -0.1) is 0 Å². The third kappa shape index (κ3) is 4.06. The smallest absolute Gasteiger partial charge is 0.252 e. The molecule has 0 saturated carbocycles. The molecule has 104 valence electrons. The minimum Gasteiger partial charge on any atom is -0.492 e. The number of carbonyl (C=O) groups excluding carboxylic acids is 1. The number of carbonyl (C=O) groups is 1. The highest BCUT2D eigenvalue weighted by Crippen LogP contribution is 2.17. The van der Waals surface area contributed by atoms with Crippen LogP contribution in [0.3, 0.4) is 0 Å². The zero-order valence-electron chi connectivity index (χ0n) is 10.6. The molecule has 2 aromatic rings. The summed E-state index contributed by atoms with van der Waals surface area (Å²) in [6.45, 7) is 0.742. The Hall–Kier alpha value is -1.88. The quantitative estimate of drug-likeness (QED) is 0.849. The van der Waals surface area contributed by atoms with Gasteiger partial charge in [0.25, 0.3) is 5.91 Å². The number of hydrogen-bond donors (Lipinski definition) is 1. The van der Waals surface area contributed by atoms with E-state index in [4.69, 9.17) is 4.74 Å². The second-order valence-corrected chi connectivity index (χ2v) is 4.90. The largest absolute Gasteiger partial charge is 0.492 e. The van der Waals surface area contributed by atoms with Crippen molar-refractivity contribution in [2.45, 2.75) is 0 Å². The average molecular weight is 338 g/mol. The molecule has 0 aliphatic carbocycles. The molecule has 0 aliphatic rings. The number of para-hydroxylation sites is 1. The molecule has 2 rings (SSSR count). The van der Waals surface area contributed by atoms with Crippen LogP contribution in [-0.4, -0.2) is 19.1 Å². The van der Waals surface area contributed by atoms with Crippen molar-refractivity contribution in [3.8, 4) is 5.75 Å². The maximum Gasteiger partial charge on any atom is 0.252 e. The predicted octanol–water partition coefficient (Wildman–Crippen LogP) is 3.40. The first-order valence-electron chi connectivity index (χ1n) is 6.08. The Morgan fingerprint density at radius 1 is 1.20 bits per heavy atom. The van der Waals surface area contributed by atoms with Crippen molar-refractivity contribution in [3.63, 3.8) is 0 Å². The van der Waals surface area contributed by atoms with Crippen molar-refractivity contribution < 1.29 is 13.9 Å². The molecule has 0 unspecified atom stereocenters. The molecule has 0 radical (unpaired) electrons. The van der Waals surface area contributed by atoms with Crippen LogP contribution in [0.5, 0.6) is 5.75 Å². The molecule has 0 atom stereocenters. The fourth-order valence-corrected chi connectivity index (χ4v) is 2.15. The van der Waals surface area contributed by atoms with E-state index in [0.717, 1.165) is 5.75 Å². The number of ether oxygens (including phenoxy) is 1. The minimum absolute atomic E-state index is 0.270. The lowest BCUT2D eigenvalue weighted by atomic mass is 10.2. The lowest BCUT2D eigenvalue weighted by Crippen LogP contribution is -2.28. The van der Waals surface area contributed by atoms with E-state index >= 15 is 0 Å². The first-order chi connectivity index (χ1) is 9.66. The number of rotatable bonds is 5. The summed E-state index contributed by atoms with van der Waals surface area (Å²) in [6, 6.07) is 13.3. The van der Waals surface area contributed by atoms with E-state index in [9.17, 15) is 9.18 Å². The van der Waals surface area contributed by atoms with Gasteiger partial charge in [-0.25, -0.2) is 4.39 Å². The van der Waals surface area contributed by atoms with Crippen LogP contribution in [0.2, 0.25) is 0 Å². The van der Waals surface area contributed by atoms with Gasteiger partial charge in [0, 0.05) is 4.47 Å². The fourth-order valence-electron chi connectivity index (χ4n) is 1.62. The highest BCUT2D eigenvalue weighted by Gasteiger charge is 2.09. The second kappa shape index (κ2) is 7.05. The Bertz CT molecular complexity index is 590. The Kier molecular flexibility index (Phi) is 5.12. The Balaban J connectivity index is 1.80. The van der Waals surface area contributed by atoms with Crippen LogP contribution in [-0.2, 0) is 0 Å². The van der Waals surface area contributed by atoms with Crippen LogP contribution >= 0.6 is 15.9 Å². The molecule has 0 spiro atoms. The monoisotopic (exact) mass is 337 g/mol. The van der Waals surface area contributed by atoms with Gasteiger partial charge in [-0.3, -0.25) is 4.79 Å². The lowest BCUT2D eigenvalue weighted by molar-refractivity contribution is 0.0946. The minimum atomic E-state index is -0.388. The van der Waals surface area contributed by atoms with E-state index in [1.165, 1.54) is 18.2 Å². The van der Waals surface area contributed by atoms with E-state index in [1.54, 1.807) is 0 Å². The first-order valence-corrected chi connectivity index (χ1v) is 6.87. The highest BCUT2D eigenvalue weighted by molar-refractivity contribution is 9.10. The van der Waals surface area contributed by atoms with Gasteiger partial charge in [0.15, 0.2) is 0 Å². The van der Waals surface area contributed by atoms with Crippen molar-refractivity contribution in [1.82, 2.24) is 5.32 Å². The number of benzene rings is 2. The lowest BCUT2D eigenvalue weighted by Gasteiger charge is -2.08. The molecule has 0 saturated heterocycles. The Morgan fingerprint density at radius 3 is 2.65 bits per heavy atom. The van der Waals surface area contributed by atoms with E-state index in [-0.39, 0.29) is 11.7 Å². The first kappa shape index (κ1) is 14.5. The summed E-state index contributed by atoms with van der Waals surface area (Å²) in [5.74, 6) is 0.0964. The van der Waals surface area contributed by atoms with E-state index < -0.39 is 0 Å². The van der Waals surface area contributed by atoms with Crippen molar-refractivity contribution in [1.29, 1.82) is 0 Å². The molecule has 0 aromatic heterocycles.